The molecule has 0 bridgehead atoms. The summed E-state index contributed by atoms with van der Waals surface area (Å²) in [5.41, 5.74) is 4.46. The van der Waals surface area contributed by atoms with Crippen LogP contribution >= 0.6 is 11.6 Å². The molecule has 0 unspecified atom stereocenters. The van der Waals surface area contributed by atoms with Gasteiger partial charge in [-0.25, -0.2) is 4.98 Å². The van der Waals surface area contributed by atoms with Crippen LogP contribution in [0.3, 0.4) is 0 Å². The largest absolute Gasteiger partial charge is 0.490 e. The molecule has 1 saturated carbocycles. The summed E-state index contributed by atoms with van der Waals surface area (Å²) < 4.78 is 35.0. The van der Waals surface area contributed by atoms with E-state index in [0.29, 0.717) is 16.8 Å². The van der Waals surface area contributed by atoms with Gasteiger partial charge in [0, 0.05) is 24.0 Å². The molecule has 0 radical (unpaired) electrons. The van der Waals surface area contributed by atoms with Crippen LogP contribution in [0.25, 0.3) is 0 Å². The minimum atomic E-state index is -3.49. The maximum Gasteiger partial charge on any atom is 0.277 e. The van der Waals surface area contributed by atoms with Crippen LogP contribution in [0.1, 0.15) is 43.4 Å². The van der Waals surface area contributed by atoms with Gasteiger partial charge >= 0.3 is 0 Å². The average Bonchev–Trinajstić information content (AvgIpc) is 3.61. The first-order valence-corrected chi connectivity index (χ1v) is 13.6. The van der Waals surface area contributed by atoms with Crippen LogP contribution in [0.2, 0.25) is 5.02 Å². The molecular weight excluding hydrogens is 500 g/mol. The number of ether oxygens (including phenoxy) is 1. The molecule has 4 rings (SSSR count). The van der Waals surface area contributed by atoms with Gasteiger partial charge in [-0.2, -0.15) is 22.8 Å². The summed E-state index contributed by atoms with van der Waals surface area (Å²) in [6.07, 6.45) is 3.41. The molecule has 0 atom stereocenters. The number of anilines is 4. The molecule has 9 nitrogen and oxygen atoms in total. The maximum absolute atomic E-state index is 12.0. The van der Waals surface area contributed by atoms with Gasteiger partial charge in [0.15, 0.2) is 5.82 Å². The number of hydrogen-bond acceptors (Lipinski definition) is 7. The summed E-state index contributed by atoms with van der Waals surface area (Å²) >= 11 is 6.33. The number of aromatic nitrogens is 2. The standard InChI is InChI=1S/C25H31ClN6O3S/c1-15(2)35-23-16(3)11-21(12-17(23)4)30-25-27-14-22(26)24(31-25)29-19-7-5-18(6-8-19)13-28-36(33,34)32-20-9-10-20/h5-8,11-12,14-15,20,28,32H,9-10,13H2,1-4H3,(H2,27,29,30,31). The minimum absolute atomic E-state index is 0.0670. The van der Waals surface area contributed by atoms with Gasteiger partial charge in [0.25, 0.3) is 10.2 Å². The first-order chi connectivity index (χ1) is 17.1. The van der Waals surface area contributed by atoms with Crippen LogP contribution in [-0.4, -0.2) is 30.5 Å². The van der Waals surface area contributed by atoms with Gasteiger partial charge in [-0.15, -0.1) is 0 Å². The fraction of sp³-hybridized carbons (Fsp3) is 0.360. The molecule has 4 N–H and O–H groups in total. The van der Waals surface area contributed by atoms with Gasteiger partial charge in [0.05, 0.1) is 12.3 Å². The van der Waals surface area contributed by atoms with Crippen molar-refractivity contribution >= 4 is 45.0 Å². The van der Waals surface area contributed by atoms with Gasteiger partial charge in [-0.05, 0) is 81.5 Å². The highest BCUT2D eigenvalue weighted by Crippen LogP contribution is 2.30. The van der Waals surface area contributed by atoms with Gasteiger partial charge < -0.3 is 15.4 Å². The van der Waals surface area contributed by atoms with Crippen molar-refractivity contribution in [3.63, 3.8) is 0 Å². The number of nitrogens with one attached hydrogen (secondary N) is 4. The van der Waals surface area contributed by atoms with E-state index in [1.807, 2.05) is 64.1 Å². The molecular formula is C25H31ClN6O3S. The van der Waals surface area contributed by atoms with E-state index in [2.05, 4.69) is 30.0 Å². The van der Waals surface area contributed by atoms with Crippen LogP contribution in [-0.2, 0) is 16.8 Å². The van der Waals surface area contributed by atoms with Gasteiger partial charge in [0.2, 0.25) is 5.95 Å². The second-order valence-electron chi connectivity index (χ2n) is 9.16. The Labute approximate surface area is 217 Å². The SMILES string of the molecule is Cc1cc(Nc2ncc(Cl)c(Nc3ccc(CNS(=O)(=O)NC4CC4)cc3)n2)cc(C)c1OC(C)C. The van der Waals surface area contributed by atoms with Crippen LogP contribution in [0.5, 0.6) is 5.75 Å². The van der Waals surface area contributed by atoms with E-state index < -0.39 is 10.2 Å². The van der Waals surface area contributed by atoms with Crippen LogP contribution in [0.4, 0.5) is 23.1 Å². The first-order valence-electron chi connectivity index (χ1n) is 11.8. The van der Waals surface area contributed by atoms with E-state index in [1.54, 1.807) is 0 Å². The van der Waals surface area contributed by atoms with E-state index in [1.165, 1.54) is 6.20 Å². The molecule has 1 aliphatic rings. The zero-order chi connectivity index (χ0) is 25.9. The molecule has 1 heterocycles. The van der Waals surface area contributed by atoms with Crippen molar-refractivity contribution in [2.75, 3.05) is 10.6 Å². The molecule has 2 aromatic carbocycles. The molecule has 192 valence electrons. The second-order valence-corrected chi connectivity index (χ2v) is 11.1. The van der Waals surface area contributed by atoms with E-state index in [9.17, 15) is 8.42 Å². The lowest BCUT2D eigenvalue weighted by Crippen LogP contribution is -2.37. The number of benzene rings is 2. The molecule has 0 spiro atoms. The summed E-state index contributed by atoms with van der Waals surface area (Å²) in [7, 11) is -3.49. The Balaban J connectivity index is 1.41. The van der Waals surface area contributed by atoms with Crippen LogP contribution in [0.15, 0.2) is 42.6 Å². The number of hydrogen-bond donors (Lipinski definition) is 4. The highest BCUT2D eigenvalue weighted by molar-refractivity contribution is 7.87. The molecule has 1 fully saturated rings. The lowest BCUT2D eigenvalue weighted by Gasteiger charge is -2.17. The van der Waals surface area contributed by atoms with Gasteiger partial charge in [-0.1, -0.05) is 23.7 Å². The fourth-order valence-electron chi connectivity index (χ4n) is 3.57. The Morgan fingerprint density at radius 1 is 1.06 bits per heavy atom. The monoisotopic (exact) mass is 530 g/mol. The Kier molecular flexibility index (Phi) is 7.99. The zero-order valence-electron chi connectivity index (χ0n) is 20.7. The van der Waals surface area contributed by atoms with Gasteiger partial charge in [-0.3, -0.25) is 0 Å². The Hall–Kier alpha value is -2.92. The van der Waals surface area contributed by atoms with Crippen molar-refractivity contribution in [1.29, 1.82) is 0 Å². The Morgan fingerprint density at radius 3 is 2.33 bits per heavy atom. The predicted octanol–water partition coefficient (Wildman–Crippen LogP) is 5.11. The average molecular weight is 531 g/mol. The summed E-state index contributed by atoms with van der Waals surface area (Å²) in [4.78, 5) is 8.82. The number of aryl methyl sites for hydroxylation is 2. The lowest BCUT2D eigenvalue weighted by atomic mass is 10.1. The molecule has 0 amide bonds. The predicted molar refractivity (Wildman–Crippen MR) is 144 cm³/mol. The van der Waals surface area contributed by atoms with Crippen molar-refractivity contribution in [2.45, 2.75) is 59.2 Å². The van der Waals surface area contributed by atoms with Crippen molar-refractivity contribution < 1.29 is 13.2 Å². The van der Waals surface area contributed by atoms with E-state index in [4.69, 9.17) is 16.3 Å². The maximum atomic E-state index is 12.0. The topological polar surface area (TPSA) is 117 Å². The molecule has 11 heteroatoms. The molecule has 0 saturated heterocycles. The third-order valence-corrected chi connectivity index (χ3v) is 6.84. The van der Waals surface area contributed by atoms with Crippen LogP contribution < -0.4 is 24.8 Å². The summed E-state index contributed by atoms with van der Waals surface area (Å²) in [5.74, 6) is 1.72. The summed E-state index contributed by atoms with van der Waals surface area (Å²) in [6, 6.07) is 11.4. The molecule has 36 heavy (non-hydrogen) atoms. The van der Waals surface area contributed by atoms with Crippen molar-refractivity contribution in [3.05, 3.63) is 64.3 Å². The van der Waals surface area contributed by atoms with Gasteiger partial charge in [0.1, 0.15) is 10.8 Å². The molecule has 3 aromatic rings. The van der Waals surface area contributed by atoms with E-state index >= 15 is 0 Å². The minimum Gasteiger partial charge on any atom is -0.490 e. The number of nitrogens with zero attached hydrogens (tertiary/aromatic N) is 2. The first kappa shape index (κ1) is 26.2. The van der Waals surface area contributed by atoms with Crippen LogP contribution in [0, 0.1) is 13.8 Å². The highest BCUT2D eigenvalue weighted by Gasteiger charge is 2.26. The molecule has 1 aromatic heterocycles. The number of halogens is 1. The lowest BCUT2D eigenvalue weighted by molar-refractivity contribution is 0.239. The zero-order valence-corrected chi connectivity index (χ0v) is 22.3. The van der Waals surface area contributed by atoms with E-state index in [-0.39, 0.29) is 18.7 Å². The van der Waals surface area contributed by atoms with Crippen molar-refractivity contribution in [1.82, 2.24) is 19.4 Å². The Morgan fingerprint density at radius 2 is 1.72 bits per heavy atom. The fourth-order valence-corrected chi connectivity index (χ4v) is 4.82. The normalized spacial score (nSPS) is 13.6. The third-order valence-electron chi connectivity index (χ3n) is 5.40. The second kappa shape index (κ2) is 11.0. The number of rotatable bonds is 11. The Bertz CT molecular complexity index is 1310. The molecule has 1 aliphatic carbocycles. The third kappa shape index (κ3) is 7.30. The van der Waals surface area contributed by atoms with E-state index in [0.717, 1.165) is 46.7 Å². The van der Waals surface area contributed by atoms with Crippen molar-refractivity contribution in [3.8, 4) is 5.75 Å². The smallest absolute Gasteiger partial charge is 0.277 e. The summed E-state index contributed by atoms with van der Waals surface area (Å²) in [5, 5.41) is 6.79. The highest BCUT2D eigenvalue weighted by atomic mass is 35.5. The quantitative estimate of drug-likeness (QED) is 0.272. The summed E-state index contributed by atoms with van der Waals surface area (Å²) in [6.45, 7) is 8.21. The molecule has 0 aliphatic heterocycles. The van der Waals surface area contributed by atoms with Crippen molar-refractivity contribution in [2.24, 2.45) is 0 Å².